The van der Waals surface area contributed by atoms with Gasteiger partial charge in [0, 0.05) is 11.1 Å². The van der Waals surface area contributed by atoms with Gasteiger partial charge in [-0.05, 0) is 36.4 Å². The van der Waals surface area contributed by atoms with Crippen LogP contribution in [0.3, 0.4) is 0 Å². The Kier molecular flexibility index (Phi) is 4.54. The molecule has 0 amide bonds. The molecule has 2 heterocycles. The molecule has 0 bridgehead atoms. The fourth-order valence-electron chi connectivity index (χ4n) is 3.16. The molecule has 12 heteroatoms. The lowest BCUT2D eigenvalue weighted by Gasteiger charge is -2.04. The van der Waals surface area contributed by atoms with Crippen molar-refractivity contribution in [2.75, 3.05) is 23.7 Å². The Morgan fingerprint density at radius 3 is 1.77 bits per heavy atom. The van der Waals surface area contributed by atoms with Gasteiger partial charge < -0.3 is 15.7 Å². The quantitative estimate of drug-likeness (QED) is 0.451. The number of ketones is 2. The predicted molar refractivity (Wildman–Crippen MR) is 104 cm³/mol. The summed E-state index contributed by atoms with van der Waals surface area (Å²) in [6, 6.07) is 7.51. The van der Waals surface area contributed by atoms with Crippen LogP contribution in [0.4, 0.5) is 11.4 Å². The predicted octanol–water partition coefficient (Wildman–Crippen LogP) is 0.873. The third-order valence-electron chi connectivity index (χ3n) is 4.73. The molecule has 0 unspecified atom stereocenters. The molecule has 0 radical (unpaired) electrons. The standard InChI is InChI=1S/C18H14N2O8S2/c1-28-30(26,27)10-3-5-14-12(7-10)18(23)16(20-14)15-17(22)11-6-9(29(24,25)8-21)2-4-13(11)19-15/h2-7,19-21H,8H2,1H3/b16-15-. The lowest BCUT2D eigenvalue weighted by Crippen LogP contribution is -2.13. The number of aliphatic hydroxyl groups is 1. The lowest BCUT2D eigenvalue weighted by molar-refractivity contribution is 0.101. The molecule has 2 aromatic rings. The van der Waals surface area contributed by atoms with Crippen LogP contribution in [-0.4, -0.2) is 46.6 Å². The number of carbonyl (C=O) groups excluding carboxylic acids is 2. The SMILES string of the molecule is COS(=O)(=O)c1ccc2c(c1)C(=O)/C(=C1/Nc3ccc(S(=O)(=O)CO)cc3C1=O)N2. The highest BCUT2D eigenvalue weighted by molar-refractivity contribution is 7.91. The van der Waals surface area contributed by atoms with Gasteiger partial charge in [-0.25, -0.2) is 8.42 Å². The molecule has 4 rings (SSSR count). The maximum atomic E-state index is 12.8. The number of nitrogens with one attached hydrogen (secondary N) is 2. The summed E-state index contributed by atoms with van der Waals surface area (Å²) in [5, 5.41) is 14.6. The number of hydrogen-bond donors (Lipinski definition) is 3. The fourth-order valence-corrected chi connectivity index (χ4v) is 4.58. The Bertz CT molecular complexity index is 1270. The Morgan fingerprint density at radius 2 is 1.30 bits per heavy atom. The molecule has 0 saturated carbocycles. The van der Waals surface area contributed by atoms with E-state index in [9.17, 15) is 26.4 Å². The minimum absolute atomic E-state index is 0.0280. The van der Waals surface area contributed by atoms with Gasteiger partial charge in [-0.3, -0.25) is 13.8 Å². The van der Waals surface area contributed by atoms with Crippen LogP contribution in [-0.2, 0) is 24.1 Å². The van der Waals surface area contributed by atoms with Gasteiger partial charge in [-0.15, -0.1) is 0 Å². The minimum Gasteiger partial charge on any atom is -0.380 e. The van der Waals surface area contributed by atoms with Crippen LogP contribution in [0.5, 0.6) is 0 Å². The maximum absolute atomic E-state index is 12.8. The van der Waals surface area contributed by atoms with E-state index in [2.05, 4.69) is 14.8 Å². The summed E-state index contributed by atoms with van der Waals surface area (Å²) in [5.41, 5.74) is 0.495. The Labute approximate surface area is 171 Å². The second kappa shape index (κ2) is 6.74. The lowest BCUT2D eigenvalue weighted by atomic mass is 10.1. The van der Waals surface area contributed by atoms with Crippen LogP contribution in [0.15, 0.2) is 57.6 Å². The second-order valence-electron chi connectivity index (χ2n) is 6.44. The zero-order valence-corrected chi connectivity index (χ0v) is 16.9. The smallest absolute Gasteiger partial charge is 0.296 e. The van der Waals surface area contributed by atoms with Crippen LogP contribution < -0.4 is 10.6 Å². The fraction of sp³-hybridized carbons (Fsp3) is 0.111. The van der Waals surface area contributed by atoms with Crippen LogP contribution in [0.25, 0.3) is 0 Å². The van der Waals surface area contributed by atoms with Crippen LogP contribution >= 0.6 is 0 Å². The van der Waals surface area contributed by atoms with Crippen molar-refractivity contribution in [3.63, 3.8) is 0 Å². The Hall–Kier alpha value is -3.06. The number of benzene rings is 2. The van der Waals surface area contributed by atoms with Crippen molar-refractivity contribution in [1.29, 1.82) is 0 Å². The van der Waals surface area contributed by atoms with Crippen molar-refractivity contribution >= 4 is 42.9 Å². The van der Waals surface area contributed by atoms with Crippen LogP contribution in [0, 0.1) is 0 Å². The van der Waals surface area contributed by atoms with Crippen molar-refractivity contribution < 1.29 is 35.7 Å². The number of aliphatic hydroxyl groups excluding tert-OH is 1. The van der Waals surface area contributed by atoms with E-state index in [0.29, 0.717) is 11.4 Å². The Morgan fingerprint density at radius 1 is 0.833 bits per heavy atom. The molecule has 2 aliphatic heterocycles. The van der Waals surface area contributed by atoms with Gasteiger partial charge in [0.25, 0.3) is 10.1 Å². The normalized spacial score (nSPS) is 18.1. The topological polar surface area (TPSA) is 156 Å². The summed E-state index contributed by atoms with van der Waals surface area (Å²) < 4.78 is 51.9. The molecule has 2 aromatic carbocycles. The highest BCUT2D eigenvalue weighted by Gasteiger charge is 2.36. The molecule has 2 aliphatic rings. The van der Waals surface area contributed by atoms with E-state index >= 15 is 0 Å². The first kappa shape index (κ1) is 20.2. The van der Waals surface area contributed by atoms with E-state index in [1.165, 1.54) is 24.3 Å². The molecular formula is C18H14N2O8S2. The number of fused-ring (bicyclic) bond motifs is 2. The summed E-state index contributed by atoms with van der Waals surface area (Å²) in [6.45, 7) is 0. The summed E-state index contributed by atoms with van der Waals surface area (Å²) in [6.07, 6.45) is 0. The van der Waals surface area contributed by atoms with Gasteiger partial charge in [0.15, 0.2) is 0 Å². The first-order chi connectivity index (χ1) is 14.1. The molecular weight excluding hydrogens is 436 g/mol. The first-order valence-electron chi connectivity index (χ1n) is 8.39. The molecule has 0 atom stereocenters. The van der Waals surface area contributed by atoms with Gasteiger partial charge in [-0.2, -0.15) is 8.42 Å². The van der Waals surface area contributed by atoms with E-state index in [0.717, 1.165) is 19.2 Å². The van der Waals surface area contributed by atoms with E-state index in [-0.39, 0.29) is 32.3 Å². The average Bonchev–Trinajstić information content (AvgIpc) is 3.24. The first-order valence-corrected chi connectivity index (χ1v) is 11.4. The van der Waals surface area contributed by atoms with Gasteiger partial charge in [-0.1, -0.05) is 0 Å². The van der Waals surface area contributed by atoms with Crippen molar-refractivity contribution in [1.82, 2.24) is 0 Å². The minimum atomic E-state index is -4.01. The molecule has 30 heavy (non-hydrogen) atoms. The van der Waals surface area contributed by atoms with Crippen molar-refractivity contribution in [2.24, 2.45) is 0 Å². The largest absolute Gasteiger partial charge is 0.380 e. The van der Waals surface area contributed by atoms with E-state index in [1.807, 2.05) is 0 Å². The van der Waals surface area contributed by atoms with E-state index in [4.69, 9.17) is 5.11 Å². The van der Waals surface area contributed by atoms with Crippen LogP contribution in [0.1, 0.15) is 20.7 Å². The number of carbonyl (C=O) groups is 2. The maximum Gasteiger partial charge on any atom is 0.296 e. The number of sulfone groups is 1. The average molecular weight is 450 g/mol. The second-order valence-corrected chi connectivity index (χ2v) is 10.1. The summed E-state index contributed by atoms with van der Waals surface area (Å²) in [4.78, 5) is 25.2. The van der Waals surface area contributed by atoms with Gasteiger partial charge in [0.05, 0.1) is 28.3 Å². The van der Waals surface area contributed by atoms with E-state index < -0.39 is 37.5 Å². The summed E-state index contributed by atoms with van der Waals surface area (Å²) in [7, 11) is -6.96. The third-order valence-corrected chi connectivity index (χ3v) is 7.31. The molecule has 0 aliphatic carbocycles. The summed E-state index contributed by atoms with van der Waals surface area (Å²) in [5.74, 6) is -2.33. The molecule has 0 aromatic heterocycles. The summed E-state index contributed by atoms with van der Waals surface area (Å²) >= 11 is 0. The zero-order valence-electron chi connectivity index (χ0n) is 15.3. The monoisotopic (exact) mass is 450 g/mol. The number of anilines is 2. The number of hydrogen-bond acceptors (Lipinski definition) is 10. The molecule has 0 spiro atoms. The number of allylic oxidation sites excluding steroid dienone is 2. The van der Waals surface area contributed by atoms with Crippen molar-refractivity contribution in [3.8, 4) is 0 Å². The van der Waals surface area contributed by atoms with Gasteiger partial charge in [0.2, 0.25) is 21.4 Å². The molecule has 0 fully saturated rings. The molecule has 3 N–H and O–H groups in total. The zero-order chi connectivity index (χ0) is 21.8. The molecule has 10 nitrogen and oxygen atoms in total. The molecule has 156 valence electrons. The van der Waals surface area contributed by atoms with Crippen molar-refractivity contribution in [2.45, 2.75) is 9.79 Å². The number of Topliss-reactive ketones (excluding diaryl/α,β-unsaturated/α-hetero) is 2. The van der Waals surface area contributed by atoms with Gasteiger partial charge >= 0.3 is 0 Å². The highest BCUT2D eigenvalue weighted by Crippen LogP contribution is 2.37. The van der Waals surface area contributed by atoms with Gasteiger partial charge in [0.1, 0.15) is 17.3 Å². The van der Waals surface area contributed by atoms with Crippen molar-refractivity contribution in [3.05, 3.63) is 58.9 Å². The highest BCUT2D eigenvalue weighted by atomic mass is 32.2. The van der Waals surface area contributed by atoms with E-state index in [1.54, 1.807) is 0 Å². The molecule has 0 saturated heterocycles. The van der Waals surface area contributed by atoms with Crippen LogP contribution in [0.2, 0.25) is 0 Å². The Balaban J connectivity index is 1.76. The third kappa shape index (κ3) is 3.01. The number of rotatable bonds is 4.